The van der Waals surface area contributed by atoms with Crippen LogP contribution in [0.15, 0.2) is 54.6 Å². The number of primary amides is 1. The van der Waals surface area contributed by atoms with Gasteiger partial charge in [-0.05, 0) is 53.8 Å². The Balaban J connectivity index is 1.77. The average Bonchev–Trinajstić information content (AvgIpc) is 3.04. The molecule has 1 aliphatic carbocycles. The number of halogens is 1. The lowest BCUT2D eigenvalue weighted by atomic mass is 9.76. The summed E-state index contributed by atoms with van der Waals surface area (Å²) in [4.78, 5) is 11.5. The first kappa shape index (κ1) is 14.3. The second-order valence-corrected chi connectivity index (χ2v) is 6.63. The van der Waals surface area contributed by atoms with E-state index in [1.165, 1.54) is 5.56 Å². The quantitative estimate of drug-likeness (QED) is 0.811. The van der Waals surface area contributed by atoms with Gasteiger partial charge in [0.15, 0.2) is 0 Å². The van der Waals surface area contributed by atoms with Gasteiger partial charge in [-0.25, -0.2) is 0 Å². The maximum Gasteiger partial charge on any atom is 0.248 e. The van der Waals surface area contributed by atoms with Gasteiger partial charge in [0.25, 0.3) is 0 Å². The highest BCUT2D eigenvalue weighted by Gasteiger charge is 2.37. The lowest BCUT2D eigenvalue weighted by molar-refractivity contribution is 0.1000. The van der Waals surface area contributed by atoms with Crippen molar-refractivity contribution in [2.45, 2.75) is 18.4 Å². The minimum absolute atomic E-state index is 0.235. The molecule has 0 saturated carbocycles. The number of hydrogen-bond acceptors (Lipinski definition) is 2. The molecule has 2 aliphatic rings. The van der Waals surface area contributed by atoms with Crippen molar-refractivity contribution in [1.82, 2.24) is 0 Å². The van der Waals surface area contributed by atoms with Crippen molar-refractivity contribution in [3.8, 4) is 0 Å². The van der Waals surface area contributed by atoms with Crippen LogP contribution in [0.1, 0.15) is 39.9 Å². The average molecular weight is 325 g/mol. The highest BCUT2D eigenvalue weighted by molar-refractivity contribution is 6.30. The summed E-state index contributed by atoms with van der Waals surface area (Å²) in [6.07, 6.45) is 5.50. The van der Waals surface area contributed by atoms with Crippen LogP contribution in [0.25, 0.3) is 0 Å². The van der Waals surface area contributed by atoms with Gasteiger partial charge in [-0.2, -0.15) is 0 Å². The number of anilines is 1. The molecule has 0 saturated heterocycles. The zero-order valence-electron chi connectivity index (χ0n) is 12.5. The molecule has 0 aromatic heterocycles. The van der Waals surface area contributed by atoms with Crippen LogP contribution in [0.4, 0.5) is 5.69 Å². The molecule has 4 rings (SSSR count). The fourth-order valence-corrected chi connectivity index (χ4v) is 3.87. The summed E-state index contributed by atoms with van der Waals surface area (Å²) in [6, 6.07) is 13.9. The molecule has 23 heavy (non-hydrogen) atoms. The first-order valence-electron chi connectivity index (χ1n) is 7.76. The minimum Gasteiger partial charge on any atom is -0.378 e. The second-order valence-electron chi connectivity index (χ2n) is 6.19. The van der Waals surface area contributed by atoms with Gasteiger partial charge in [0.1, 0.15) is 0 Å². The Kier molecular flexibility index (Phi) is 3.38. The first-order valence-corrected chi connectivity index (χ1v) is 8.14. The van der Waals surface area contributed by atoms with Gasteiger partial charge in [0.05, 0.1) is 6.04 Å². The number of nitrogens with two attached hydrogens (primary N) is 1. The largest absolute Gasteiger partial charge is 0.378 e. The van der Waals surface area contributed by atoms with Crippen molar-refractivity contribution in [3.05, 3.63) is 76.3 Å². The molecule has 0 radical (unpaired) electrons. The van der Waals surface area contributed by atoms with Crippen LogP contribution >= 0.6 is 11.6 Å². The van der Waals surface area contributed by atoms with E-state index >= 15 is 0 Å². The van der Waals surface area contributed by atoms with E-state index in [4.69, 9.17) is 17.3 Å². The van der Waals surface area contributed by atoms with Crippen LogP contribution in [-0.2, 0) is 0 Å². The molecule has 2 aromatic carbocycles. The number of carbonyl (C=O) groups excluding carboxylic acids is 1. The monoisotopic (exact) mass is 324 g/mol. The first-order chi connectivity index (χ1) is 11.1. The van der Waals surface area contributed by atoms with Crippen molar-refractivity contribution in [2.24, 2.45) is 11.7 Å². The number of nitrogens with one attached hydrogen (secondary N) is 1. The summed E-state index contributed by atoms with van der Waals surface area (Å²) in [5, 5.41) is 4.38. The number of carbonyl (C=O) groups is 1. The molecule has 0 spiro atoms. The molecule has 0 fully saturated rings. The zero-order valence-corrected chi connectivity index (χ0v) is 13.3. The summed E-state index contributed by atoms with van der Waals surface area (Å²) in [5.41, 5.74) is 9.45. The van der Waals surface area contributed by atoms with Crippen molar-refractivity contribution in [1.29, 1.82) is 0 Å². The van der Waals surface area contributed by atoms with Crippen LogP contribution in [0, 0.1) is 5.92 Å². The van der Waals surface area contributed by atoms with Crippen LogP contribution in [0.3, 0.4) is 0 Å². The topological polar surface area (TPSA) is 55.1 Å². The van der Waals surface area contributed by atoms with Crippen molar-refractivity contribution >= 4 is 23.2 Å². The third kappa shape index (κ3) is 2.41. The number of amides is 1. The standard InChI is InChI=1S/C19H17ClN2O/c20-13-7-4-11(5-8-13)18-15-3-1-2-14(15)16-10-12(19(21)23)6-9-17(16)22-18/h1-2,4-10,14-15,18,22H,3H2,(H2,21,23)/t14-,15-,18+/m1/s1. The predicted molar refractivity (Wildman–Crippen MR) is 92.8 cm³/mol. The van der Waals surface area contributed by atoms with Gasteiger partial charge in [-0.1, -0.05) is 35.9 Å². The molecule has 4 heteroatoms. The zero-order chi connectivity index (χ0) is 16.0. The molecule has 1 amide bonds. The molecule has 3 N–H and O–H groups in total. The van der Waals surface area contributed by atoms with Crippen molar-refractivity contribution < 1.29 is 4.79 Å². The van der Waals surface area contributed by atoms with Crippen LogP contribution in [0.5, 0.6) is 0 Å². The summed E-state index contributed by atoms with van der Waals surface area (Å²) in [7, 11) is 0. The normalized spacial score (nSPS) is 24.7. The van der Waals surface area contributed by atoms with E-state index in [-0.39, 0.29) is 11.9 Å². The van der Waals surface area contributed by atoms with Crippen LogP contribution < -0.4 is 11.1 Å². The van der Waals surface area contributed by atoms with E-state index in [9.17, 15) is 4.79 Å². The molecule has 1 heterocycles. The summed E-state index contributed by atoms with van der Waals surface area (Å²) < 4.78 is 0. The van der Waals surface area contributed by atoms with E-state index in [1.54, 1.807) is 6.07 Å². The Hall–Kier alpha value is -2.26. The maximum absolute atomic E-state index is 11.5. The highest BCUT2D eigenvalue weighted by atomic mass is 35.5. The lowest BCUT2D eigenvalue weighted by Gasteiger charge is -2.37. The third-order valence-electron chi connectivity index (χ3n) is 4.88. The van der Waals surface area contributed by atoms with E-state index in [1.807, 2.05) is 24.3 Å². The smallest absolute Gasteiger partial charge is 0.248 e. The molecule has 116 valence electrons. The Morgan fingerprint density at radius 1 is 1.17 bits per heavy atom. The lowest BCUT2D eigenvalue weighted by Crippen LogP contribution is -2.29. The second kappa shape index (κ2) is 5.43. The van der Waals surface area contributed by atoms with E-state index < -0.39 is 0 Å². The fraction of sp³-hybridized carbons (Fsp3) is 0.211. The van der Waals surface area contributed by atoms with Gasteiger partial charge < -0.3 is 11.1 Å². The number of benzene rings is 2. The Morgan fingerprint density at radius 2 is 1.96 bits per heavy atom. The van der Waals surface area contributed by atoms with E-state index in [2.05, 4.69) is 29.6 Å². The summed E-state index contributed by atoms with van der Waals surface area (Å²) in [6.45, 7) is 0. The Labute approximate surface area is 140 Å². The summed E-state index contributed by atoms with van der Waals surface area (Å²) >= 11 is 6.01. The highest BCUT2D eigenvalue weighted by Crippen LogP contribution is 2.49. The molecule has 2 aromatic rings. The number of hydrogen-bond donors (Lipinski definition) is 2. The predicted octanol–water partition coefficient (Wildman–Crippen LogP) is 4.27. The van der Waals surface area contributed by atoms with E-state index in [0.29, 0.717) is 17.4 Å². The van der Waals surface area contributed by atoms with Crippen molar-refractivity contribution in [2.75, 3.05) is 5.32 Å². The maximum atomic E-state index is 11.5. The minimum atomic E-state index is -0.383. The Bertz CT molecular complexity index is 798. The molecule has 3 atom stereocenters. The van der Waals surface area contributed by atoms with Gasteiger partial charge in [-0.15, -0.1) is 0 Å². The van der Waals surface area contributed by atoms with Gasteiger partial charge in [0, 0.05) is 22.2 Å². The third-order valence-corrected chi connectivity index (χ3v) is 5.13. The van der Waals surface area contributed by atoms with Gasteiger partial charge in [-0.3, -0.25) is 4.79 Å². The molecule has 0 bridgehead atoms. The SMILES string of the molecule is NC(=O)c1ccc2c(c1)[C@@H]1C=CC[C@H]1[C@H](c1ccc(Cl)cc1)N2. The van der Waals surface area contributed by atoms with Gasteiger partial charge >= 0.3 is 0 Å². The van der Waals surface area contributed by atoms with E-state index in [0.717, 1.165) is 22.7 Å². The van der Waals surface area contributed by atoms with Gasteiger partial charge in [0.2, 0.25) is 5.91 Å². The van der Waals surface area contributed by atoms with Crippen molar-refractivity contribution in [3.63, 3.8) is 0 Å². The molecule has 0 unspecified atom stereocenters. The number of rotatable bonds is 2. The molecule has 3 nitrogen and oxygen atoms in total. The summed E-state index contributed by atoms with van der Waals surface area (Å²) in [5.74, 6) is 0.365. The fourth-order valence-electron chi connectivity index (χ4n) is 3.75. The van der Waals surface area contributed by atoms with Crippen LogP contribution in [-0.4, -0.2) is 5.91 Å². The molecular formula is C19H17ClN2O. The molecule has 1 aliphatic heterocycles. The molecular weight excluding hydrogens is 308 g/mol. The number of fused-ring (bicyclic) bond motifs is 3. The Morgan fingerprint density at radius 3 is 2.70 bits per heavy atom. The van der Waals surface area contributed by atoms with Crippen LogP contribution in [0.2, 0.25) is 5.02 Å². The number of allylic oxidation sites excluding steroid dienone is 2.